The Kier molecular flexibility index (Phi) is 4.30. The third kappa shape index (κ3) is 2.15. The number of hydrogen-bond acceptors (Lipinski definition) is 5. The summed E-state index contributed by atoms with van der Waals surface area (Å²) in [7, 11) is 0. The number of unbranched alkanes of at least 4 members (excludes halogenated alkanes) is 1. The Morgan fingerprint density at radius 3 is 2.61 bits per heavy atom. The van der Waals surface area contributed by atoms with Crippen LogP contribution in [-0.4, -0.2) is 22.9 Å². The normalized spacial score (nSPS) is 23.8. The number of nitrogens with one attached hydrogen (secondary N) is 1. The lowest BCUT2D eigenvalue weighted by Crippen LogP contribution is -2.62. The molecule has 1 rings (SSSR count). The monoisotopic (exact) mass is 253 g/mol. The minimum atomic E-state index is -1.44. The molecule has 1 heterocycles. The fraction of sp³-hybridized carbons (Fsp3) is 0.545. The van der Waals surface area contributed by atoms with E-state index in [0.717, 1.165) is 6.42 Å². The second-order valence-corrected chi connectivity index (χ2v) is 4.14. The van der Waals surface area contributed by atoms with Gasteiger partial charge < -0.3 is 0 Å². The van der Waals surface area contributed by atoms with Crippen LogP contribution in [0.5, 0.6) is 0 Å². The van der Waals surface area contributed by atoms with E-state index in [1.807, 2.05) is 12.2 Å². The molecule has 0 aliphatic carbocycles. The Morgan fingerprint density at radius 1 is 1.44 bits per heavy atom. The predicted octanol–water partition coefficient (Wildman–Crippen LogP) is 1.50. The van der Waals surface area contributed by atoms with Crippen LogP contribution in [-0.2, 0) is 9.59 Å². The van der Waals surface area contributed by atoms with Crippen molar-refractivity contribution in [2.45, 2.75) is 32.6 Å². The van der Waals surface area contributed by atoms with Crippen LogP contribution in [0.1, 0.15) is 32.6 Å². The van der Waals surface area contributed by atoms with Crippen molar-refractivity contribution in [1.29, 1.82) is 0 Å². The highest BCUT2D eigenvalue weighted by molar-refractivity contribution is 6.18. The van der Waals surface area contributed by atoms with Gasteiger partial charge in [0.1, 0.15) is 5.41 Å². The van der Waals surface area contributed by atoms with Crippen LogP contribution in [0.2, 0.25) is 0 Å². The molecule has 18 heavy (non-hydrogen) atoms. The van der Waals surface area contributed by atoms with Gasteiger partial charge in [-0.15, -0.1) is 16.5 Å². The Morgan fingerprint density at radius 2 is 2.11 bits per heavy atom. The second-order valence-electron chi connectivity index (χ2n) is 4.14. The molecule has 0 bridgehead atoms. The summed E-state index contributed by atoms with van der Waals surface area (Å²) in [5, 5.41) is 4.51. The molecule has 4 amide bonds. The molecule has 0 aromatic rings. The Labute approximate surface area is 104 Å². The molecule has 1 saturated heterocycles. The number of carbonyl (C=O) groups excluding carboxylic acids is 3. The lowest BCUT2D eigenvalue weighted by Gasteiger charge is -2.35. The van der Waals surface area contributed by atoms with Gasteiger partial charge in [0.25, 0.3) is 5.91 Å². The van der Waals surface area contributed by atoms with E-state index in [0.29, 0.717) is 6.42 Å². The molecular weight excluding hydrogens is 238 g/mol. The molecule has 98 valence electrons. The maximum atomic E-state index is 12.1. The zero-order chi connectivity index (χ0) is 13.8. The van der Waals surface area contributed by atoms with E-state index < -0.39 is 23.3 Å². The number of nitrogens with zero attached hydrogens (tertiary/aromatic N) is 2. The first kappa shape index (κ1) is 14.0. The number of amides is 4. The van der Waals surface area contributed by atoms with Gasteiger partial charge in [-0.3, -0.25) is 14.9 Å². The largest absolute Gasteiger partial charge is 0.354 e. The van der Waals surface area contributed by atoms with Gasteiger partial charge in [0.05, 0.1) is 5.29 Å². The van der Waals surface area contributed by atoms with Crippen molar-refractivity contribution in [3.05, 3.63) is 17.6 Å². The SMILES string of the molecule is C=CCC1(CCCC)C(=O)NC(=O)N(N=O)C1=O. The van der Waals surface area contributed by atoms with E-state index in [1.54, 1.807) is 0 Å². The van der Waals surface area contributed by atoms with Crippen molar-refractivity contribution in [3.8, 4) is 0 Å². The van der Waals surface area contributed by atoms with Crippen LogP contribution in [0, 0.1) is 10.3 Å². The van der Waals surface area contributed by atoms with E-state index in [2.05, 4.69) is 11.9 Å². The summed E-state index contributed by atoms with van der Waals surface area (Å²) in [6, 6.07) is -1.10. The summed E-state index contributed by atoms with van der Waals surface area (Å²) >= 11 is 0. The fourth-order valence-electron chi connectivity index (χ4n) is 1.96. The minimum absolute atomic E-state index is 0.0664. The van der Waals surface area contributed by atoms with Crippen molar-refractivity contribution >= 4 is 17.8 Å². The maximum absolute atomic E-state index is 12.1. The predicted molar refractivity (Wildman–Crippen MR) is 63.0 cm³/mol. The number of rotatable bonds is 6. The Balaban J connectivity index is 3.15. The third-order valence-electron chi connectivity index (χ3n) is 2.98. The van der Waals surface area contributed by atoms with Gasteiger partial charge in [-0.05, 0) is 12.8 Å². The van der Waals surface area contributed by atoms with Gasteiger partial charge in [0, 0.05) is 0 Å². The molecule has 1 N–H and O–H groups in total. The first-order valence-corrected chi connectivity index (χ1v) is 5.67. The lowest BCUT2D eigenvalue weighted by molar-refractivity contribution is -0.152. The van der Waals surface area contributed by atoms with E-state index >= 15 is 0 Å². The number of hydrogen-bond donors (Lipinski definition) is 1. The second kappa shape index (κ2) is 5.52. The van der Waals surface area contributed by atoms with Crippen molar-refractivity contribution in [1.82, 2.24) is 10.3 Å². The fourth-order valence-corrected chi connectivity index (χ4v) is 1.96. The van der Waals surface area contributed by atoms with Gasteiger partial charge >= 0.3 is 6.03 Å². The molecule has 1 atom stereocenters. The standard InChI is InChI=1S/C11H15N3O4/c1-3-5-7-11(6-4-2)8(15)12-10(17)14(13-18)9(11)16/h4H,2-3,5-7H2,1H3,(H,12,15,17). The van der Waals surface area contributed by atoms with Crippen LogP contribution in [0.4, 0.5) is 4.79 Å². The van der Waals surface area contributed by atoms with Gasteiger partial charge in [0.15, 0.2) is 0 Å². The molecule has 0 radical (unpaired) electrons. The number of barbiturate groups is 1. The topological polar surface area (TPSA) is 95.9 Å². The van der Waals surface area contributed by atoms with Crippen molar-refractivity contribution in [2.75, 3.05) is 0 Å². The molecule has 7 nitrogen and oxygen atoms in total. The summed E-state index contributed by atoms with van der Waals surface area (Å²) < 4.78 is 0. The molecule has 0 spiro atoms. The van der Waals surface area contributed by atoms with Gasteiger partial charge in [-0.2, -0.15) is 0 Å². The summed E-state index contributed by atoms with van der Waals surface area (Å²) in [5.41, 5.74) is -1.44. The highest BCUT2D eigenvalue weighted by Crippen LogP contribution is 2.35. The van der Waals surface area contributed by atoms with Crippen molar-refractivity contribution in [2.24, 2.45) is 10.7 Å². The van der Waals surface area contributed by atoms with Gasteiger partial charge in [-0.25, -0.2) is 4.79 Å². The van der Waals surface area contributed by atoms with Crippen LogP contribution in [0.25, 0.3) is 0 Å². The summed E-state index contributed by atoms with van der Waals surface area (Å²) in [6.45, 7) is 5.41. The summed E-state index contributed by atoms with van der Waals surface area (Å²) in [6.07, 6.45) is 3.14. The molecular formula is C11H15N3O4. The Hall–Kier alpha value is -2.05. The highest BCUT2D eigenvalue weighted by atomic mass is 16.3. The number of carbonyl (C=O) groups is 3. The first-order valence-electron chi connectivity index (χ1n) is 5.67. The first-order chi connectivity index (χ1) is 8.53. The van der Waals surface area contributed by atoms with E-state index in [9.17, 15) is 19.3 Å². The average Bonchev–Trinajstić information content (AvgIpc) is 2.33. The Bertz CT molecular complexity index is 407. The van der Waals surface area contributed by atoms with Crippen molar-refractivity contribution in [3.63, 3.8) is 0 Å². The van der Waals surface area contributed by atoms with E-state index in [1.165, 1.54) is 6.08 Å². The zero-order valence-corrected chi connectivity index (χ0v) is 10.1. The van der Waals surface area contributed by atoms with Crippen LogP contribution in [0.3, 0.4) is 0 Å². The van der Waals surface area contributed by atoms with Crippen LogP contribution >= 0.6 is 0 Å². The zero-order valence-electron chi connectivity index (χ0n) is 10.1. The van der Waals surface area contributed by atoms with E-state index in [-0.39, 0.29) is 17.9 Å². The molecule has 1 unspecified atom stereocenters. The van der Waals surface area contributed by atoms with E-state index in [4.69, 9.17) is 0 Å². The molecule has 1 fully saturated rings. The van der Waals surface area contributed by atoms with Gasteiger partial charge in [0.2, 0.25) is 5.91 Å². The summed E-state index contributed by atoms with van der Waals surface area (Å²) in [4.78, 5) is 45.8. The third-order valence-corrected chi connectivity index (χ3v) is 2.98. The molecule has 1 aliphatic rings. The van der Waals surface area contributed by atoms with Gasteiger partial charge in [-0.1, -0.05) is 25.8 Å². The molecule has 0 aromatic carbocycles. The molecule has 1 aliphatic heterocycles. The molecule has 0 aromatic heterocycles. The quantitative estimate of drug-likeness (QED) is 0.440. The average molecular weight is 253 g/mol. The highest BCUT2D eigenvalue weighted by Gasteiger charge is 2.53. The minimum Gasteiger partial charge on any atom is -0.275 e. The maximum Gasteiger partial charge on any atom is 0.354 e. The summed E-state index contributed by atoms with van der Waals surface area (Å²) in [5.74, 6) is -1.56. The van der Waals surface area contributed by atoms with Crippen LogP contribution in [0.15, 0.2) is 17.9 Å². The van der Waals surface area contributed by atoms with Crippen molar-refractivity contribution < 1.29 is 14.4 Å². The number of imide groups is 2. The molecule has 0 saturated carbocycles. The number of urea groups is 1. The van der Waals surface area contributed by atoms with Crippen LogP contribution < -0.4 is 5.32 Å². The lowest BCUT2D eigenvalue weighted by atomic mass is 9.76. The number of nitroso groups, excluding NO2 is 1. The smallest absolute Gasteiger partial charge is 0.275 e. The number of allylic oxidation sites excluding steroid dienone is 1. The molecule has 7 heteroatoms.